The number of allylic oxidation sites excluding steroid dienone is 2. The van der Waals surface area contributed by atoms with E-state index in [-0.39, 0.29) is 11.6 Å². The summed E-state index contributed by atoms with van der Waals surface area (Å²) in [6.07, 6.45) is 2.52. The Kier molecular flexibility index (Phi) is 2.28. The lowest BCUT2D eigenvalue weighted by Crippen LogP contribution is -2.29. The van der Waals surface area contributed by atoms with E-state index in [0.29, 0.717) is 11.4 Å². The van der Waals surface area contributed by atoms with Crippen molar-refractivity contribution in [3.05, 3.63) is 23.5 Å². The fraction of sp³-hybridized carbons (Fsp3) is 0.250. The monoisotopic (exact) mass is 166 g/mol. The van der Waals surface area contributed by atoms with Gasteiger partial charge in [-0.25, -0.2) is 0 Å². The first-order chi connectivity index (χ1) is 5.70. The van der Waals surface area contributed by atoms with Gasteiger partial charge in [0.2, 0.25) is 11.6 Å². The summed E-state index contributed by atoms with van der Waals surface area (Å²) in [6.45, 7) is 0. The standard InChI is InChI=1S/C8H10N2O2/c1-9-7-5(11)3-4-6(12)8(7)10-2/h3-4,9-10H,1-2H3. The van der Waals surface area contributed by atoms with Crippen molar-refractivity contribution in [2.75, 3.05) is 14.1 Å². The number of ketones is 2. The van der Waals surface area contributed by atoms with Crippen molar-refractivity contribution >= 4 is 11.6 Å². The molecule has 2 N–H and O–H groups in total. The van der Waals surface area contributed by atoms with E-state index in [4.69, 9.17) is 0 Å². The molecule has 1 aliphatic carbocycles. The Morgan fingerprint density at radius 3 is 1.50 bits per heavy atom. The maximum Gasteiger partial charge on any atom is 0.204 e. The Balaban J connectivity index is 3.11. The molecule has 0 unspecified atom stereocenters. The normalized spacial score (nSPS) is 16.8. The molecule has 0 amide bonds. The topological polar surface area (TPSA) is 58.2 Å². The van der Waals surface area contributed by atoms with Crippen LogP contribution in [0.2, 0.25) is 0 Å². The smallest absolute Gasteiger partial charge is 0.204 e. The van der Waals surface area contributed by atoms with Gasteiger partial charge in [-0.2, -0.15) is 0 Å². The van der Waals surface area contributed by atoms with E-state index in [1.807, 2.05) is 0 Å². The molecule has 0 aromatic rings. The van der Waals surface area contributed by atoms with E-state index in [2.05, 4.69) is 10.6 Å². The van der Waals surface area contributed by atoms with E-state index in [0.717, 1.165) is 0 Å². The van der Waals surface area contributed by atoms with Crippen LogP contribution in [0, 0.1) is 0 Å². The van der Waals surface area contributed by atoms with Gasteiger partial charge in [-0.1, -0.05) is 0 Å². The van der Waals surface area contributed by atoms with E-state index in [1.54, 1.807) is 14.1 Å². The predicted octanol–water partition coefficient (Wildman–Crippen LogP) is -0.655. The first kappa shape index (κ1) is 8.52. The second-order valence-electron chi connectivity index (χ2n) is 2.31. The highest BCUT2D eigenvalue weighted by Crippen LogP contribution is 2.07. The van der Waals surface area contributed by atoms with Crippen molar-refractivity contribution in [1.29, 1.82) is 0 Å². The fourth-order valence-corrected chi connectivity index (χ4v) is 1.06. The molecule has 0 saturated carbocycles. The van der Waals surface area contributed by atoms with E-state index < -0.39 is 0 Å². The van der Waals surface area contributed by atoms with Crippen molar-refractivity contribution in [1.82, 2.24) is 10.6 Å². The number of carbonyl (C=O) groups is 2. The minimum absolute atomic E-state index is 0.179. The van der Waals surface area contributed by atoms with Crippen LogP contribution in [0.15, 0.2) is 23.5 Å². The van der Waals surface area contributed by atoms with Crippen LogP contribution in [-0.2, 0) is 9.59 Å². The van der Waals surface area contributed by atoms with Crippen LogP contribution in [0.4, 0.5) is 0 Å². The lowest BCUT2D eigenvalue weighted by atomic mass is 10.1. The molecular formula is C8H10N2O2. The second kappa shape index (κ2) is 3.21. The van der Waals surface area contributed by atoms with Gasteiger partial charge < -0.3 is 10.6 Å². The average molecular weight is 166 g/mol. The molecule has 1 aliphatic rings. The molecule has 4 nitrogen and oxygen atoms in total. The van der Waals surface area contributed by atoms with Crippen LogP contribution >= 0.6 is 0 Å². The molecule has 1 rings (SSSR count). The van der Waals surface area contributed by atoms with Gasteiger partial charge in [0.05, 0.1) is 0 Å². The predicted molar refractivity (Wildman–Crippen MR) is 44.3 cm³/mol. The lowest BCUT2D eigenvalue weighted by molar-refractivity contribution is -0.115. The van der Waals surface area contributed by atoms with E-state index in [9.17, 15) is 9.59 Å². The van der Waals surface area contributed by atoms with Gasteiger partial charge in [0, 0.05) is 14.1 Å². The summed E-state index contributed by atoms with van der Waals surface area (Å²) < 4.78 is 0. The van der Waals surface area contributed by atoms with Crippen LogP contribution in [0.3, 0.4) is 0 Å². The lowest BCUT2D eigenvalue weighted by Gasteiger charge is -2.12. The quantitative estimate of drug-likeness (QED) is 0.535. The highest BCUT2D eigenvalue weighted by molar-refractivity contribution is 6.19. The molecule has 12 heavy (non-hydrogen) atoms. The van der Waals surface area contributed by atoms with Crippen LogP contribution in [0.1, 0.15) is 0 Å². The molecular weight excluding hydrogens is 156 g/mol. The van der Waals surface area contributed by atoms with Gasteiger partial charge in [-0.15, -0.1) is 0 Å². The highest BCUT2D eigenvalue weighted by Gasteiger charge is 2.19. The zero-order chi connectivity index (χ0) is 9.14. The second-order valence-corrected chi connectivity index (χ2v) is 2.31. The summed E-state index contributed by atoms with van der Waals surface area (Å²) in [7, 11) is 3.22. The third-order valence-electron chi connectivity index (χ3n) is 1.63. The van der Waals surface area contributed by atoms with Crippen molar-refractivity contribution in [3.8, 4) is 0 Å². The number of hydrogen-bond acceptors (Lipinski definition) is 4. The van der Waals surface area contributed by atoms with Crippen molar-refractivity contribution in [2.45, 2.75) is 0 Å². The average Bonchev–Trinajstić information content (AvgIpc) is 2.08. The Bertz CT molecular complexity index is 261. The number of carbonyl (C=O) groups excluding carboxylic acids is 2. The largest absolute Gasteiger partial charge is 0.383 e. The fourth-order valence-electron chi connectivity index (χ4n) is 1.06. The zero-order valence-electron chi connectivity index (χ0n) is 6.97. The Morgan fingerprint density at radius 1 is 0.917 bits per heavy atom. The molecule has 0 radical (unpaired) electrons. The molecule has 0 aromatic heterocycles. The van der Waals surface area contributed by atoms with Crippen molar-refractivity contribution in [3.63, 3.8) is 0 Å². The van der Waals surface area contributed by atoms with Gasteiger partial charge in [0.25, 0.3) is 0 Å². The number of nitrogens with one attached hydrogen (secondary N) is 2. The number of hydrogen-bond donors (Lipinski definition) is 2. The van der Waals surface area contributed by atoms with Crippen LogP contribution in [0.5, 0.6) is 0 Å². The number of rotatable bonds is 2. The molecule has 0 atom stereocenters. The Labute approximate surface area is 70.3 Å². The molecule has 0 aliphatic heterocycles. The first-order valence-electron chi connectivity index (χ1n) is 3.57. The molecule has 0 saturated heterocycles. The highest BCUT2D eigenvalue weighted by atomic mass is 16.1. The summed E-state index contributed by atoms with van der Waals surface area (Å²) >= 11 is 0. The molecule has 4 heteroatoms. The van der Waals surface area contributed by atoms with Gasteiger partial charge >= 0.3 is 0 Å². The summed E-state index contributed by atoms with van der Waals surface area (Å²) in [4.78, 5) is 22.3. The minimum Gasteiger partial charge on any atom is -0.383 e. The van der Waals surface area contributed by atoms with Gasteiger partial charge in [-0.3, -0.25) is 9.59 Å². The van der Waals surface area contributed by atoms with Crippen LogP contribution in [0.25, 0.3) is 0 Å². The van der Waals surface area contributed by atoms with Gasteiger partial charge in [0.1, 0.15) is 11.4 Å². The molecule has 0 heterocycles. The Morgan fingerprint density at radius 2 is 1.25 bits per heavy atom. The summed E-state index contributed by atoms with van der Waals surface area (Å²) in [5, 5.41) is 5.36. The molecule has 0 aromatic carbocycles. The summed E-state index contributed by atoms with van der Waals surface area (Å²) in [5.41, 5.74) is 0.648. The first-order valence-corrected chi connectivity index (χ1v) is 3.57. The zero-order valence-corrected chi connectivity index (χ0v) is 6.97. The maximum atomic E-state index is 11.1. The molecule has 64 valence electrons. The maximum absolute atomic E-state index is 11.1. The molecule has 0 bridgehead atoms. The van der Waals surface area contributed by atoms with Gasteiger partial charge in [-0.05, 0) is 12.2 Å². The molecule has 0 spiro atoms. The summed E-state index contributed by atoms with van der Waals surface area (Å²) in [6, 6.07) is 0. The van der Waals surface area contributed by atoms with Crippen LogP contribution in [-0.4, -0.2) is 25.7 Å². The van der Waals surface area contributed by atoms with Crippen molar-refractivity contribution < 1.29 is 9.59 Å². The summed E-state index contributed by atoms with van der Waals surface area (Å²) in [5.74, 6) is -0.358. The third kappa shape index (κ3) is 1.23. The number of likely N-dealkylation sites (N-methyl/N-ethyl adjacent to an activating group) is 2. The van der Waals surface area contributed by atoms with Crippen LogP contribution < -0.4 is 10.6 Å². The third-order valence-corrected chi connectivity index (χ3v) is 1.63. The van der Waals surface area contributed by atoms with E-state index >= 15 is 0 Å². The van der Waals surface area contributed by atoms with Gasteiger partial charge in [0.15, 0.2) is 0 Å². The Hall–Kier alpha value is -1.58. The molecule has 0 fully saturated rings. The van der Waals surface area contributed by atoms with E-state index in [1.165, 1.54) is 12.2 Å². The SMILES string of the molecule is CNC1=C(NC)C(=O)C=CC1=O. The van der Waals surface area contributed by atoms with Crippen molar-refractivity contribution in [2.24, 2.45) is 0 Å². The minimum atomic E-state index is -0.179.